The van der Waals surface area contributed by atoms with E-state index < -0.39 is 0 Å². The summed E-state index contributed by atoms with van der Waals surface area (Å²) in [7, 11) is 3.36. The van der Waals surface area contributed by atoms with E-state index >= 15 is 0 Å². The zero-order valence-corrected chi connectivity index (χ0v) is 17.2. The van der Waals surface area contributed by atoms with Gasteiger partial charge in [0.1, 0.15) is 11.5 Å². The average Bonchev–Trinajstić information content (AvgIpc) is 2.76. The first kappa shape index (κ1) is 18.7. The van der Waals surface area contributed by atoms with E-state index in [1.807, 2.05) is 36.7 Å². The molecule has 0 atom stereocenters. The van der Waals surface area contributed by atoms with Crippen LogP contribution in [0.25, 0.3) is 10.8 Å². The summed E-state index contributed by atoms with van der Waals surface area (Å²) in [6.45, 7) is 0. The van der Waals surface area contributed by atoms with Crippen LogP contribution in [-0.2, 0) is 0 Å². The molecule has 28 heavy (non-hydrogen) atoms. The van der Waals surface area contributed by atoms with Crippen LogP contribution in [0.5, 0.6) is 11.5 Å². The molecule has 1 aromatic heterocycles. The second-order valence-corrected chi connectivity index (χ2v) is 8.27. The first-order valence-corrected chi connectivity index (χ1v) is 10.4. The first-order valence-electron chi connectivity index (χ1n) is 8.77. The second kappa shape index (κ2) is 8.59. The molecule has 0 aliphatic heterocycles. The minimum Gasteiger partial charge on any atom is -0.497 e. The Morgan fingerprint density at radius 3 is 1.61 bits per heavy atom. The standard InChI is InChI=1S/C23H19NO2S2/c1-25-16-3-7-18(8-4-16)27-22-11-12-23(21-15-24-14-13-20(21)22)28-19-9-5-17(26-2)6-10-19/h3-15H,1-2H3. The van der Waals surface area contributed by atoms with Gasteiger partial charge in [0.05, 0.1) is 14.2 Å². The molecule has 1 heterocycles. The highest BCUT2D eigenvalue weighted by atomic mass is 32.2. The monoisotopic (exact) mass is 405 g/mol. The van der Waals surface area contributed by atoms with Gasteiger partial charge in [-0.2, -0.15) is 0 Å². The summed E-state index contributed by atoms with van der Waals surface area (Å²) in [6.07, 6.45) is 3.79. The SMILES string of the molecule is COc1ccc(Sc2ccc(Sc3ccc(OC)cc3)c3cnccc23)cc1. The minimum absolute atomic E-state index is 0.863. The Morgan fingerprint density at radius 1 is 0.607 bits per heavy atom. The number of fused-ring (bicyclic) bond motifs is 1. The summed E-state index contributed by atoms with van der Waals surface area (Å²) in [4.78, 5) is 9.09. The van der Waals surface area contributed by atoms with Crippen molar-refractivity contribution in [1.82, 2.24) is 4.98 Å². The molecular formula is C23H19NO2S2. The van der Waals surface area contributed by atoms with E-state index in [1.54, 1.807) is 37.7 Å². The lowest BCUT2D eigenvalue weighted by molar-refractivity contribution is 0.414. The minimum atomic E-state index is 0.863. The molecule has 0 fully saturated rings. The van der Waals surface area contributed by atoms with Gasteiger partial charge in [-0.1, -0.05) is 23.5 Å². The van der Waals surface area contributed by atoms with E-state index in [9.17, 15) is 0 Å². The Kier molecular flexibility index (Phi) is 5.74. The lowest BCUT2D eigenvalue weighted by Gasteiger charge is -2.11. The Bertz CT molecular complexity index is 992. The van der Waals surface area contributed by atoms with Crippen molar-refractivity contribution in [3.05, 3.63) is 79.1 Å². The van der Waals surface area contributed by atoms with Gasteiger partial charge in [0.25, 0.3) is 0 Å². The highest BCUT2D eigenvalue weighted by Gasteiger charge is 2.09. The summed E-state index contributed by atoms with van der Waals surface area (Å²) in [5, 5.41) is 2.36. The van der Waals surface area contributed by atoms with E-state index in [-0.39, 0.29) is 0 Å². The quantitative estimate of drug-likeness (QED) is 0.363. The molecule has 0 saturated heterocycles. The third kappa shape index (κ3) is 4.11. The van der Waals surface area contributed by atoms with Gasteiger partial charge in [0.2, 0.25) is 0 Å². The molecule has 140 valence electrons. The number of methoxy groups -OCH3 is 2. The Labute approximate surface area is 173 Å². The Hall–Kier alpha value is -2.63. The molecule has 5 heteroatoms. The molecule has 0 aliphatic carbocycles. The number of rotatable bonds is 6. The maximum atomic E-state index is 5.25. The van der Waals surface area contributed by atoms with E-state index in [4.69, 9.17) is 9.47 Å². The predicted molar refractivity (Wildman–Crippen MR) is 116 cm³/mol. The number of aromatic nitrogens is 1. The normalized spacial score (nSPS) is 10.8. The third-order valence-corrected chi connectivity index (χ3v) is 6.48. The number of benzene rings is 3. The highest BCUT2D eigenvalue weighted by Crippen LogP contribution is 2.40. The highest BCUT2D eigenvalue weighted by molar-refractivity contribution is 8.00. The molecule has 0 radical (unpaired) electrons. The molecule has 3 aromatic carbocycles. The Morgan fingerprint density at radius 2 is 1.11 bits per heavy atom. The van der Waals surface area contributed by atoms with Gasteiger partial charge >= 0.3 is 0 Å². The molecule has 0 spiro atoms. The summed E-state index contributed by atoms with van der Waals surface area (Å²) >= 11 is 3.48. The van der Waals surface area contributed by atoms with Crippen molar-refractivity contribution < 1.29 is 9.47 Å². The largest absolute Gasteiger partial charge is 0.497 e. The van der Waals surface area contributed by atoms with E-state index in [0.29, 0.717) is 0 Å². The summed E-state index contributed by atoms with van der Waals surface area (Å²) in [5.41, 5.74) is 0. The van der Waals surface area contributed by atoms with Crippen LogP contribution in [0.15, 0.2) is 98.7 Å². The van der Waals surface area contributed by atoms with Crippen molar-refractivity contribution in [1.29, 1.82) is 0 Å². The molecule has 0 unspecified atom stereocenters. The zero-order chi connectivity index (χ0) is 19.3. The zero-order valence-electron chi connectivity index (χ0n) is 15.6. The first-order chi connectivity index (χ1) is 13.8. The second-order valence-electron chi connectivity index (χ2n) is 6.04. The van der Waals surface area contributed by atoms with Gasteiger partial charge < -0.3 is 9.47 Å². The van der Waals surface area contributed by atoms with E-state index in [2.05, 4.69) is 47.4 Å². The van der Waals surface area contributed by atoms with Gasteiger partial charge in [-0.15, -0.1) is 0 Å². The number of hydrogen-bond acceptors (Lipinski definition) is 5. The van der Waals surface area contributed by atoms with Crippen molar-refractivity contribution in [3.63, 3.8) is 0 Å². The van der Waals surface area contributed by atoms with Crippen molar-refractivity contribution in [2.24, 2.45) is 0 Å². The molecule has 4 rings (SSSR count). The van der Waals surface area contributed by atoms with Crippen LogP contribution in [0.3, 0.4) is 0 Å². The predicted octanol–water partition coefficient (Wildman–Crippen LogP) is 6.55. The molecule has 0 bridgehead atoms. The number of ether oxygens (including phenoxy) is 2. The smallest absolute Gasteiger partial charge is 0.118 e. The maximum absolute atomic E-state index is 5.25. The summed E-state index contributed by atoms with van der Waals surface area (Å²) in [6, 6.07) is 22.7. The number of pyridine rings is 1. The lowest BCUT2D eigenvalue weighted by atomic mass is 10.2. The topological polar surface area (TPSA) is 31.4 Å². The van der Waals surface area contributed by atoms with Gasteiger partial charge in [-0.3, -0.25) is 4.98 Å². The molecule has 0 amide bonds. The molecule has 0 saturated carbocycles. The van der Waals surface area contributed by atoms with E-state index in [0.717, 1.165) is 16.9 Å². The Balaban J connectivity index is 1.65. The van der Waals surface area contributed by atoms with Crippen LogP contribution >= 0.6 is 23.5 Å². The molecule has 4 aromatic rings. The van der Waals surface area contributed by atoms with Crippen molar-refractivity contribution >= 4 is 34.3 Å². The summed E-state index contributed by atoms with van der Waals surface area (Å²) in [5.74, 6) is 1.73. The fourth-order valence-corrected chi connectivity index (χ4v) is 4.74. The van der Waals surface area contributed by atoms with Gasteiger partial charge in [-0.25, -0.2) is 0 Å². The van der Waals surface area contributed by atoms with E-state index in [1.165, 1.54) is 25.0 Å². The van der Waals surface area contributed by atoms with Crippen LogP contribution in [0.2, 0.25) is 0 Å². The molecule has 0 aliphatic rings. The fourth-order valence-electron chi connectivity index (χ4n) is 2.86. The van der Waals surface area contributed by atoms with Crippen LogP contribution in [0, 0.1) is 0 Å². The van der Waals surface area contributed by atoms with Crippen molar-refractivity contribution in [3.8, 4) is 11.5 Å². The van der Waals surface area contributed by atoms with Crippen LogP contribution < -0.4 is 9.47 Å². The van der Waals surface area contributed by atoms with Gasteiger partial charge in [0, 0.05) is 37.4 Å². The van der Waals surface area contributed by atoms with Crippen LogP contribution in [0.1, 0.15) is 0 Å². The van der Waals surface area contributed by atoms with Gasteiger partial charge in [0.15, 0.2) is 0 Å². The third-order valence-electron chi connectivity index (χ3n) is 4.31. The number of hydrogen-bond donors (Lipinski definition) is 0. The molecule has 3 nitrogen and oxygen atoms in total. The molecule has 0 N–H and O–H groups in total. The average molecular weight is 406 g/mol. The van der Waals surface area contributed by atoms with Crippen molar-refractivity contribution in [2.45, 2.75) is 19.6 Å². The van der Waals surface area contributed by atoms with Gasteiger partial charge in [-0.05, 0) is 72.1 Å². The fraction of sp³-hybridized carbons (Fsp3) is 0.0870. The number of nitrogens with zero attached hydrogens (tertiary/aromatic N) is 1. The van der Waals surface area contributed by atoms with Crippen molar-refractivity contribution in [2.75, 3.05) is 14.2 Å². The molecular weight excluding hydrogens is 386 g/mol. The maximum Gasteiger partial charge on any atom is 0.118 e. The van der Waals surface area contributed by atoms with Crippen LogP contribution in [-0.4, -0.2) is 19.2 Å². The van der Waals surface area contributed by atoms with Crippen LogP contribution in [0.4, 0.5) is 0 Å². The lowest BCUT2D eigenvalue weighted by Crippen LogP contribution is -1.85. The summed E-state index contributed by atoms with van der Waals surface area (Å²) < 4.78 is 10.5.